The summed E-state index contributed by atoms with van der Waals surface area (Å²) in [7, 11) is 1.78. The van der Waals surface area contributed by atoms with E-state index in [-0.39, 0.29) is 18.3 Å². The summed E-state index contributed by atoms with van der Waals surface area (Å²) in [5.74, 6) is -0.392. The van der Waals surface area contributed by atoms with E-state index >= 15 is 0 Å². The summed E-state index contributed by atoms with van der Waals surface area (Å²) in [4.78, 5) is 15.0. The quantitative estimate of drug-likeness (QED) is 0.791. The van der Waals surface area contributed by atoms with E-state index in [9.17, 15) is 18.0 Å². The average molecular weight is 377 g/mol. The van der Waals surface area contributed by atoms with Gasteiger partial charge in [0.1, 0.15) is 0 Å². The van der Waals surface area contributed by atoms with Crippen molar-refractivity contribution in [1.29, 1.82) is 0 Å². The maximum absolute atomic E-state index is 12.8. The third-order valence-corrected chi connectivity index (χ3v) is 4.94. The first-order chi connectivity index (χ1) is 11.2. The SMILES string of the molecule is CC(c1cccs1)N(C)CC(=O)Nc1ccc(Cl)c(C(F)(F)F)c1. The molecule has 0 fully saturated rings. The van der Waals surface area contributed by atoms with Crippen LogP contribution < -0.4 is 5.32 Å². The summed E-state index contributed by atoms with van der Waals surface area (Å²) in [6, 6.07) is 7.24. The molecule has 8 heteroatoms. The zero-order chi connectivity index (χ0) is 17.9. The van der Waals surface area contributed by atoms with Gasteiger partial charge in [0.25, 0.3) is 0 Å². The Kier molecular flexibility index (Phi) is 5.90. The van der Waals surface area contributed by atoms with Gasteiger partial charge in [-0.3, -0.25) is 9.69 Å². The molecule has 1 atom stereocenters. The normalized spacial score (nSPS) is 13.1. The van der Waals surface area contributed by atoms with Gasteiger partial charge in [-0.15, -0.1) is 11.3 Å². The molecule has 2 rings (SSSR count). The van der Waals surface area contributed by atoms with Crippen molar-refractivity contribution in [2.45, 2.75) is 19.1 Å². The predicted octanol–water partition coefficient (Wildman–Crippen LogP) is 5.05. The molecule has 1 N–H and O–H groups in total. The first kappa shape index (κ1) is 18.8. The molecule has 0 spiro atoms. The van der Waals surface area contributed by atoms with Gasteiger partial charge in [-0.05, 0) is 43.6 Å². The fourth-order valence-corrected chi connectivity index (χ4v) is 3.20. The topological polar surface area (TPSA) is 32.3 Å². The lowest BCUT2D eigenvalue weighted by Gasteiger charge is -2.23. The molecule has 130 valence electrons. The molecule has 0 aliphatic heterocycles. The van der Waals surface area contributed by atoms with Crippen LogP contribution in [0.3, 0.4) is 0 Å². The Hall–Kier alpha value is -1.57. The van der Waals surface area contributed by atoms with Crippen LogP contribution in [0, 0.1) is 0 Å². The number of halogens is 4. The van der Waals surface area contributed by atoms with E-state index in [1.165, 1.54) is 6.07 Å². The first-order valence-corrected chi connectivity index (χ1v) is 8.34. The van der Waals surface area contributed by atoms with Crippen molar-refractivity contribution in [3.63, 3.8) is 0 Å². The van der Waals surface area contributed by atoms with E-state index in [2.05, 4.69) is 5.32 Å². The minimum absolute atomic E-state index is 0.0340. The van der Waals surface area contributed by atoms with Gasteiger partial charge in [0.2, 0.25) is 5.91 Å². The Morgan fingerprint density at radius 2 is 2.08 bits per heavy atom. The van der Waals surface area contributed by atoms with Crippen LogP contribution in [0.4, 0.5) is 18.9 Å². The minimum Gasteiger partial charge on any atom is -0.325 e. The smallest absolute Gasteiger partial charge is 0.325 e. The van der Waals surface area contributed by atoms with Crippen molar-refractivity contribution < 1.29 is 18.0 Å². The molecule has 0 saturated heterocycles. The summed E-state index contributed by atoms with van der Waals surface area (Å²) < 4.78 is 38.5. The highest BCUT2D eigenvalue weighted by molar-refractivity contribution is 7.10. The number of rotatable bonds is 5. The molecule has 24 heavy (non-hydrogen) atoms. The zero-order valence-electron chi connectivity index (χ0n) is 13.0. The van der Waals surface area contributed by atoms with Crippen LogP contribution in [0.1, 0.15) is 23.4 Å². The number of carbonyl (C=O) groups is 1. The lowest BCUT2D eigenvalue weighted by molar-refractivity contribution is -0.137. The van der Waals surface area contributed by atoms with Gasteiger partial charge in [-0.2, -0.15) is 13.2 Å². The van der Waals surface area contributed by atoms with Crippen LogP contribution in [0.15, 0.2) is 35.7 Å². The molecule has 0 radical (unpaired) electrons. The summed E-state index contributed by atoms with van der Waals surface area (Å²) in [5.41, 5.74) is -0.906. The molecule has 0 aliphatic carbocycles. The number of carbonyl (C=O) groups excluding carboxylic acids is 1. The number of alkyl halides is 3. The van der Waals surface area contributed by atoms with Crippen LogP contribution in [0.2, 0.25) is 5.02 Å². The van der Waals surface area contributed by atoms with Crippen LogP contribution in [-0.4, -0.2) is 24.4 Å². The van der Waals surface area contributed by atoms with Crippen molar-refractivity contribution in [3.05, 3.63) is 51.2 Å². The summed E-state index contributed by atoms with van der Waals surface area (Å²) >= 11 is 7.14. The Bertz CT molecular complexity index is 704. The molecule has 3 nitrogen and oxygen atoms in total. The number of amides is 1. The number of thiophene rings is 1. The highest BCUT2D eigenvalue weighted by atomic mass is 35.5. The number of likely N-dealkylation sites (N-methyl/N-ethyl adjacent to an activating group) is 1. The van der Waals surface area contributed by atoms with Gasteiger partial charge in [-0.25, -0.2) is 0 Å². The molecule has 0 bridgehead atoms. The molecule has 2 aromatic rings. The Balaban J connectivity index is 2.02. The summed E-state index contributed by atoms with van der Waals surface area (Å²) in [5, 5.41) is 4.03. The van der Waals surface area contributed by atoms with Crippen molar-refractivity contribution in [1.82, 2.24) is 4.90 Å². The number of nitrogens with zero attached hydrogens (tertiary/aromatic N) is 1. The molecule has 1 amide bonds. The molecular formula is C16H16ClF3N2OS. The lowest BCUT2D eigenvalue weighted by atomic mass is 10.2. The molecule has 1 unspecified atom stereocenters. The minimum atomic E-state index is -4.57. The van der Waals surface area contributed by atoms with E-state index in [1.807, 2.05) is 29.3 Å². The maximum Gasteiger partial charge on any atom is 0.417 e. The average Bonchev–Trinajstić information content (AvgIpc) is 3.01. The number of nitrogens with one attached hydrogen (secondary N) is 1. The van der Waals surface area contributed by atoms with E-state index in [0.29, 0.717) is 0 Å². The fourth-order valence-electron chi connectivity index (χ4n) is 2.13. The Morgan fingerprint density at radius 3 is 2.67 bits per heavy atom. The maximum atomic E-state index is 12.8. The zero-order valence-corrected chi connectivity index (χ0v) is 14.6. The summed E-state index contributed by atoms with van der Waals surface area (Å²) in [6.07, 6.45) is -4.57. The van der Waals surface area contributed by atoms with E-state index in [4.69, 9.17) is 11.6 Å². The fraction of sp³-hybridized carbons (Fsp3) is 0.312. The van der Waals surface area contributed by atoms with Crippen molar-refractivity contribution >= 4 is 34.5 Å². The van der Waals surface area contributed by atoms with Crippen LogP contribution in [0.5, 0.6) is 0 Å². The van der Waals surface area contributed by atoms with Crippen LogP contribution in [0.25, 0.3) is 0 Å². The van der Waals surface area contributed by atoms with Crippen LogP contribution >= 0.6 is 22.9 Å². The Morgan fingerprint density at radius 1 is 1.38 bits per heavy atom. The van der Waals surface area contributed by atoms with Crippen LogP contribution in [-0.2, 0) is 11.0 Å². The number of benzene rings is 1. The second kappa shape index (κ2) is 7.55. The number of hydrogen-bond donors (Lipinski definition) is 1. The second-order valence-electron chi connectivity index (χ2n) is 5.35. The molecule has 1 heterocycles. The van der Waals surface area contributed by atoms with Gasteiger partial charge < -0.3 is 5.32 Å². The van der Waals surface area contributed by atoms with Crippen molar-refractivity contribution in [2.24, 2.45) is 0 Å². The molecule has 0 aliphatic rings. The third kappa shape index (κ3) is 4.72. The van der Waals surface area contributed by atoms with Gasteiger partial charge >= 0.3 is 6.18 Å². The second-order valence-corrected chi connectivity index (χ2v) is 6.73. The standard InChI is InChI=1S/C16H16ClF3N2OS/c1-10(14-4-3-7-24-14)22(2)9-15(23)21-11-5-6-13(17)12(8-11)16(18,19)20/h3-8,10H,9H2,1-2H3,(H,21,23). The molecule has 1 aromatic heterocycles. The predicted molar refractivity (Wildman–Crippen MR) is 90.4 cm³/mol. The molecular weight excluding hydrogens is 361 g/mol. The summed E-state index contributed by atoms with van der Waals surface area (Å²) in [6.45, 7) is 2.02. The largest absolute Gasteiger partial charge is 0.417 e. The number of hydrogen-bond acceptors (Lipinski definition) is 3. The molecule has 0 saturated carbocycles. The van der Waals surface area contributed by atoms with E-state index in [1.54, 1.807) is 18.4 Å². The first-order valence-electron chi connectivity index (χ1n) is 7.08. The number of anilines is 1. The monoisotopic (exact) mass is 376 g/mol. The van der Waals surface area contributed by atoms with Gasteiger partial charge in [0.15, 0.2) is 0 Å². The van der Waals surface area contributed by atoms with Gasteiger partial charge in [-0.1, -0.05) is 17.7 Å². The third-order valence-electron chi connectivity index (χ3n) is 3.56. The highest BCUT2D eigenvalue weighted by Gasteiger charge is 2.33. The van der Waals surface area contributed by atoms with Crippen molar-refractivity contribution in [3.8, 4) is 0 Å². The lowest BCUT2D eigenvalue weighted by Crippen LogP contribution is -2.32. The van der Waals surface area contributed by atoms with Crippen molar-refractivity contribution in [2.75, 3.05) is 18.9 Å². The van der Waals surface area contributed by atoms with E-state index < -0.39 is 22.7 Å². The van der Waals surface area contributed by atoms with Gasteiger partial charge in [0.05, 0.1) is 17.1 Å². The highest BCUT2D eigenvalue weighted by Crippen LogP contribution is 2.36. The molecule has 1 aromatic carbocycles. The van der Waals surface area contributed by atoms with E-state index in [0.717, 1.165) is 17.0 Å². The van der Waals surface area contributed by atoms with Gasteiger partial charge in [0, 0.05) is 16.6 Å². The Labute approximate surface area is 147 Å².